The van der Waals surface area contributed by atoms with E-state index in [2.05, 4.69) is 12.2 Å². The molecule has 2 atom stereocenters. The molecule has 1 aliphatic rings. The Kier molecular flexibility index (Phi) is 7.85. The van der Waals surface area contributed by atoms with Gasteiger partial charge in [0.15, 0.2) is 6.61 Å². The molecule has 2 aromatic rings. The summed E-state index contributed by atoms with van der Waals surface area (Å²) >= 11 is 0. The first-order valence-electron chi connectivity index (χ1n) is 11.8. The standard InChI is InChI=1S/C27H36N4O4/c1-17-24-21(26(28)34)8-7-9-22(24)31(18(2)32)27(3,4)25(17)19-10-12-20(13-11-19)35-16-23(33)29-14-15-30(5)6/h7-13,17,25H,14-16H2,1-6H3,(H2,28,34)(H,29,33). The minimum absolute atomic E-state index is 0.0639. The summed E-state index contributed by atoms with van der Waals surface area (Å²) in [5.41, 5.74) is 8.08. The number of nitrogens with two attached hydrogens (primary N) is 1. The van der Waals surface area contributed by atoms with Crippen molar-refractivity contribution < 1.29 is 19.1 Å². The van der Waals surface area contributed by atoms with E-state index in [-0.39, 0.29) is 30.3 Å². The quantitative estimate of drug-likeness (QED) is 0.605. The van der Waals surface area contributed by atoms with Crippen LogP contribution in [0.1, 0.15) is 61.0 Å². The lowest BCUT2D eigenvalue weighted by Gasteiger charge is -2.52. The van der Waals surface area contributed by atoms with Gasteiger partial charge in [-0.25, -0.2) is 0 Å². The maximum absolute atomic E-state index is 12.8. The van der Waals surface area contributed by atoms with Crippen molar-refractivity contribution in [2.24, 2.45) is 5.73 Å². The number of hydrogen-bond donors (Lipinski definition) is 2. The minimum Gasteiger partial charge on any atom is -0.484 e. The van der Waals surface area contributed by atoms with Crippen molar-refractivity contribution in [1.29, 1.82) is 0 Å². The molecular weight excluding hydrogens is 444 g/mol. The fraction of sp³-hybridized carbons (Fsp3) is 0.444. The average Bonchev–Trinajstić information content (AvgIpc) is 2.77. The molecule has 0 aliphatic carbocycles. The van der Waals surface area contributed by atoms with Crippen LogP contribution in [0, 0.1) is 0 Å². The van der Waals surface area contributed by atoms with Gasteiger partial charge in [-0.05, 0) is 69.3 Å². The highest BCUT2D eigenvalue weighted by atomic mass is 16.5. The molecular formula is C27H36N4O4. The first-order valence-corrected chi connectivity index (χ1v) is 11.8. The van der Waals surface area contributed by atoms with E-state index >= 15 is 0 Å². The van der Waals surface area contributed by atoms with Gasteiger partial charge in [0, 0.05) is 42.7 Å². The third kappa shape index (κ3) is 5.48. The van der Waals surface area contributed by atoms with Gasteiger partial charge in [-0.1, -0.05) is 25.1 Å². The Morgan fingerprint density at radius 2 is 1.77 bits per heavy atom. The summed E-state index contributed by atoms with van der Waals surface area (Å²) in [6, 6.07) is 12.9. The predicted octanol–water partition coefficient (Wildman–Crippen LogP) is 2.87. The smallest absolute Gasteiger partial charge is 0.257 e. The lowest BCUT2D eigenvalue weighted by Crippen LogP contribution is -2.55. The van der Waals surface area contributed by atoms with Crippen LogP contribution in [0.2, 0.25) is 0 Å². The Morgan fingerprint density at radius 3 is 2.34 bits per heavy atom. The molecule has 3 N–H and O–H groups in total. The third-order valence-corrected chi connectivity index (χ3v) is 6.69. The maximum Gasteiger partial charge on any atom is 0.257 e. The van der Waals surface area contributed by atoms with E-state index in [1.165, 1.54) is 6.92 Å². The zero-order valence-electron chi connectivity index (χ0n) is 21.4. The molecule has 0 fully saturated rings. The molecule has 0 spiro atoms. The summed E-state index contributed by atoms with van der Waals surface area (Å²) in [5, 5.41) is 2.82. The second-order valence-corrected chi connectivity index (χ2v) is 9.89. The number of rotatable bonds is 8. The molecule has 8 heteroatoms. The van der Waals surface area contributed by atoms with E-state index in [0.717, 1.165) is 23.4 Å². The van der Waals surface area contributed by atoms with Gasteiger partial charge in [-0.3, -0.25) is 14.4 Å². The number of likely N-dealkylation sites (N-methyl/N-ethyl adjacent to an activating group) is 1. The molecule has 3 amide bonds. The molecule has 1 aliphatic heterocycles. The summed E-state index contributed by atoms with van der Waals surface area (Å²) < 4.78 is 5.66. The summed E-state index contributed by atoms with van der Waals surface area (Å²) in [6.07, 6.45) is 0. The van der Waals surface area contributed by atoms with Gasteiger partial charge in [0.1, 0.15) is 5.75 Å². The van der Waals surface area contributed by atoms with Crippen LogP contribution in [0.15, 0.2) is 42.5 Å². The Bertz CT molecular complexity index is 1090. The van der Waals surface area contributed by atoms with Crippen molar-refractivity contribution in [3.8, 4) is 5.75 Å². The van der Waals surface area contributed by atoms with Gasteiger partial charge in [0.25, 0.3) is 5.91 Å². The molecule has 0 bridgehead atoms. The fourth-order valence-electron chi connectivity index (χ4n) is 5.33. The van der Waals surface area contributed by atoms with Crippen molar-refractivity contribution in [3.05, 3.63) is 59.2 Å². The van der Waals surface area contributed by atoms with Crippen molar-refractivity contribution in [3.63, 3.8) is 0 Å². The van der Waals surface area contributed by atoms with Crippen LogP contribution in [0.3, 0.4) is 0 Å². The number of benzene rings is 2. The van der Waals surface area contributed by atoms with Crippen LogP contribution in [0.5, 0.6) is 5.75 Å². The molecule has 0 radical (unpaired) electrons. The molecule has 2 unspecified atom stereocenters. The van der Waals surface area contributed by atoms with Gasteiger partial charge in [0.05, 0.1) is 0 Å². The van der Waals surface area contributed by atoms with Crippen LogP contribution < -0.4 is 20.7 Å². The topological polar surface area (TPSA) is 105 Å². The number of hydrogen-bond acceptors (Lipinski definition) is 5. The van der Waals surface area contributed by atoms with Gasteiger partial charge in [0.2, 0.25) is 11.8 Å². The van der Waals surface area contributed by atoms with Gasteiger partial charge >= 0.3 is 0 Å². The number of carbonyl (C=O) groups is 3. The summed E-state index contributed by atoms with van der Waals surface area (Å²) in [4.78, 5) is 40.8. The summed E-state index contributed by atoms with van der Waals surface area (Å²) in [5.74, 6) is -0.389. The van der Waals surface area contributed by atoms with Crippen molar-refractivity contribution >= 4 is 23.4 Å². The van der Waals surface area contributed by atoms with Crippen LogP contribution >= 0.6 is 0 Å². The van der Waals surface area contributed by atoms with Crippen LogP contribution in [0.4, 0.5) is 5.69 Å². The number of anilines is 1. The highest BCUT2D eigenvalue weighted by Crippen LogP contribution is 2.53. The summed E-state index contributed by atoms with van der Waals surface area (Å²) in [6.45, 7) is 8.94. The number of nitrogens with zero attached hydrogens (tertiary/aromatic N) is 2. The molecule has 3 rings (SSSR count). The second kappa shape index (κ2) is 10.5. The van der Waals surface area contributed by atoms with E-state index in [1.54, 1.807) is 17.0 Å². The Morgan fingerprint density at radius 1 is 1.11 bits per heavy atom. The molecule has 8 nitrogen and oxygen atoms in total. The Labute approximate surface area is 207 Å². The largest absolute Gasteiger partial charge is 0.484 e. The third-order valence-electron chi connectivity index (χ3n) is 6.69. The highest BCUT2D eigenvalue weighted by molar-refractivity contribution is 6.01. The molecule has 2 aromatic carbocycles. The Hall–Kier alpha value is -3.39. The minimum atomic E-state index is -0.566. The van der Waals surface area contributed by atoms with Crippen LogP contribution in [-0.2, 0) is 9.59 Å². The van der Waals surface area contributed by atoms with Crippen molar-refractivity contribution in [1.82, 2.24) is 10.2 Å². The number of amides is 3. The normalized spacial score (nSPS) is 18.7. The first kappa shape index (κ1) is 26.2. The first-order chi connectivity index (χ1) is 16.4. The molecule has 0 aromatic heterocycles. The van der Waals surface area contributed by atoms with E-state index in [4.69, 9.17) is 10.5 Å². The number of ether oxygens (including phenoxy) is 1. The lowest BCUT2D eigenvalue weighted by atomic mass is 9.66. The number of fused-ring (bicyclic) bond motifs is 1. The number of carbonyl (C=O) groups excluding carboxylic acids is 3. The summed E-state index contributed by atoms with van der Waals surface area (Å²) in [7, 11) is 3.89. The highest BCUT2D eigenvalue weighted by Gasteiger charge is 2.48. The van der Waals surface area contributed by atoms with Crippen molar-refractivity contribution in [2.75, 3.05) is 38.7 Å². The van der Waals surface area contributed by atoms with Crippen LogP contribution in [0.25, 0.3) is 0 Å². The zero-order valence-corrected chi connectivity index (χ0v) is 21.4. The second-order valence-electron chi connectivity index (χ2n) is 9.89. The zero-order chi connectivity index (χ0) is 25.9. The molecule has 0 saturated heterocycles. The van der Waals surface area contributed by atoms with E-state index in [0.29, 0.717) is 17.9 Å². The van der Waals surface area contributed by atoms with Crippen LogP contribution in [-0.4, -0.2) is 62.0 Å². The average molecular weight is 481 g/mol. The maximum atomic E-state index is 12.8. The van der Waals surface area contributed by atoms with Gasteiger partial charge in [-0.2, -0.15) is 0 Å². The van der Waals surface area contributed by atoms with Gasteiger partial charge < -0.3 is 25.6 Å². The van der Waals surface area contributed by atoms with Crippen molar-refractivity contribution in [2.45, 2.75) is 45.1 Å². The van der Waals surface area contributed by atoms with E-state index < -0.39 is 11.4 Å². The fourth-order valence-corrected chi connectivity index (χ4v) is 5.33. The number of nitrogens with one attached hydrogen (secondary N) is 1. The van der Waals surface area contributed by atoms with E-state index in [9.17, 15) is 14.4 Å². The molecule has 188 valence electrons. The number of primary amides is 1. The van der Waals surface area contributed by atoms with Gasteiger partial charge in [-0.15, -0.1) is 0 Å². The molecule has 1 heterocycles. The molecule has 35 heavy (non-hydrogen) atoms. The monoisotopic (exact) mass is 480 g/mol. The predicted molar refractivity (Wildman–Crippen MR) is 137 cm³/mol. The van der Waals surface area contributed by atoms with E-state index in [1.807, 2.05) is 63.2 Å². The lowest BCUT2D eigenvalue weighted by molar-refractivity contribution is -0.123. The Balaban J connectivity index is 1.87. The molecule has 0 saturated carbocycles. The SMILES string of the molecule is CC(=O)N1c2cccc(C(N)=O)c2C(C)C(c2ccc(OCC(=O)NCCN(C)C)cc2)C1(C)C.